The number of hydrogen-bond donors (Lipinski definition) is 0. The van der Waals surface area contributed by atoms with E-state index < -0.39 is 18.0 Å². The van der Waals surface area contributed by atoms with E-state index in [2.05, 4.69) is 10.1 Å². The quantitative estimate of drug-likeness (QED) is 0.440. The molecule has 0 aliphatic heterocycles. The summed E-state index contributed by atoms with van der Waals surface area (Å²) in [5.41, 5.74) is 1.44. The molecule has 4 rings (SSSR count). The maximum atomic E-state index is 13.7. The second-order valence-corrected chi connectivity index (χ2v) is 7.67. The lowest BCUT2D eigenvalue weighted by Crippen LogP contribution is -2.31. The van der Waals surface area contributed by atoms with Crippen LogP contribution < -0.4 is 10.3 Å². The third kappa shape index (κ3) is 3.90. The van der Waals surface area contributed by atoms with Crippen LogP contribution >= 0.6 is 11.6 Å². The van der Waals surface area contributed by atoms with Crippen molar-refractivity contribution in [1.82, 2.24) is 19.3 Å². The maximum absolute atomic E-state index is 13.7. The lowest BCUT2D eigenvalue weighted by Gasteiger charge is -2.14. The van der Waals surface area contributed by atoms with Crippen LogP contribution in [0.4, 0.5) is 8.78 Å². The molecule has 0 atom stereocenters. The van der Waals surface area contributed by atoms with E-state index in [1.807, 2.05) is 12.1 Å². The molecule has 0 saturated heterocycles. The minimum atomic E-state index is -3.08. The average Bonchev–Trinajstić information content (AvgIpc) is 3.10. The molecule has 0 fully saturated rings. The van der Waals surface area contributed by atoms with Crippen LogP contribution in [0.1, 0.15) is 12.7 Å². The number of aryl methyl sites for hydroxylation is 1. The number of hydrogen-bond acceptors (Lipinski definition) is 4. The molecule has 2 aromatic carbocycles. The van der Waals surface area contributed by atoms with Gasteiger partial charge in [-0.3, -0.25) is 9.36 Å². The van der Waals surface area contributed by atoms with E-state index in [0.717, 1.165) is 11.5 Å². The van der Waals surface area contributed by atoms with E-state index in [1.165, 1.54) is 11.6 Å². The van der Waals surface area contributed by atoms with Crippen molar-refractivity contribution in [2.45, 2.75) is 26.3 Å². The van der Waals surface area contributed by atoms with Gasteiger partial charge in [0.25, 0.3) is 11.5 Å². The molecule has 0 saturated carbocycles. The average molecular weight is 445 g/mol. The van der Waals surface area contributed by atoms with Crippen molar-refractivity contribution in [1.29, 1.82) is 0 Å². The molecule has 0 spiro atoms. The third-order valence-electron chi connectivity index (χ3n) is 4.85. The zero-order valence-corrected chi connectivity index (χ0v) is 17.8. The number of methoxy groups -OCH3 is 1. The van der Waals surface area contributed by atoms with Gasteiger partial charge in [0.2, 0.25) is 0 Å². The molecule has 31 heavy (non-hydrogen) atoms. The summed E-state index contributed by atoms with van der Waals surface area (Å²) in [6.07, 6.45) is 0. The topological polar surface area (TPSA) is 61.9 Å². The van der Waals surface area contributed by atoms with Crippen LogP contribution in [0.25, 0.3) is 28.0 Å². The molecule has 0 radical (unpaired) electrons. The Labute approximate surface area is 181 Å². The molecule has 0 aliphatic carbocycles. The van der Waals surface area contributed by atoms with Gasteiger partial charge in [-0.2, -0.15) is 5.10 Å². The smallest absolute Gasteiger partial charge is 0.282 e. The SMILES string of the molecule is COc1ccc(-c2c3nc(C)n(CC(C)(F)F)c(=O)c3nn2-c2ccccc2Cl)cc1. The molecule has 9 heteroatoms. The minimum absolute atomic E-state index is 0.0133. The second kappa shape index (κ2) is 7.77. The Kier molecular flexibility index (Phi) is 5.26. The van der Waals surface area contributed by atoms with Crippen molar-refractivity contribution in [2.24, 2.45) is 0 Å². The maximum Gasteiger partial charge on any atom is 0.282 e. The van der Waals surface area contributed by atoms with E-state index in [0.29, 0.717) is 33.2 Å². The van der Waals surface area contributed by atoms with Crippen LogP contribution in [-0.4, -0.2) is 32.4 Å². The Morgan fingerprint density at radius 3 is 2.39 bits per heavy atom. The first-order valence-corrected chi connectivity index (χ1v) is 9.85. The summed E-state index contributed by atoms with van der Waals surface area (Å²) in [6.45, 7) is 1.50. The standard InChI is InChI=1S/C22H19ClF2N4O2/c1-13-26-18-19(21(30)28(13)12-22(2,24)25)27-29(17-7-5-4-6-16(17)23)20(18)14-8-10-15(31-3)11-9-14/h4-11H,12H2,1-3H3. The fourth-order valence-corrected chi connectivity index (χ4v) is 3.64. The number of alkyl halides is 2. The van der Waals surface area contributed by atoms with Crippen molar-refractivity contribution in [2.75, 3.05) is 7.11 Å². The zero-order valence-electron chi connectivity index (χ0n) is 17.1. The second-order valence-electron chi connectivity index (χ2n) is 7.26. The summed E-state index contributed by atoms with van der Waals surface area (Å²) in [7, 11) is 1.56. The Hall–Kier alpha value is -3.26. The van der Waals surface area contributed by atoms with E-state index in [4.69, 9.17) is 16.3 Å². The molecule has 2 heterocycles. The first-order chi connectivity index (χ1) is 14.7. The summed E-state index contributed by atoms with van der Waals surface area (Å²) in [5, 5.41) is 4.87. The fraction of sp³-hybridized carbons (Fsp3) is 0.227. The highest BCUT2D eigenvalue weighted by Gasteiger charge is 2.27. The summed E-state index contributed by atoms with van der Waals surface area (Å²) in [6, 6.07) is 14.2. The van der Waals surface area contributed by atoms with Crippen molar-refractivity contribution in [3.8, 4) is 22.7 Å². The number of benzene rings is 2. The number of halogens is 3. The van der Waals surface area contributed by atoms with Crippen LogP contribution in [0.15, 0.2) is 53.3 Å². The van der Waals surface area contributed by atoms with Crippen molar-refractivity contribution in [3.63, 3.8) is 0 Å². The van der Waals surface area contributed by atoms with Crippen LogP contribution in [-0.2, 0) is 6.54 Å². The fourth-order valence-electron chi connectivity index (χ4n) is 3.43. The van der Waals surface area contributed by atoms with Crippen molar-refractivity contribution in [3.05, 3.63) is 69.7 Å². The van der Waals surface area contributed by atoms with E-state index >= 15 is 0 Å². The van der Waals surface area contributed by atoms with E-state index in [9.17, 15) is 13.6 Å². The van der Waals surface area contributed by atoms with Crippen LogP contribution in [0.2, 0.25) is 5.02 Å². The Balaban J connectivity index is 2.06. The number of fused-ring (bicyclic) bond motifs is 1. The van der Waals surface area contributed by atoms with Crippen LogP contribution in [0.3, 0.4) is 0 Å². The van der Waals surface area contributed by atoms with Gasteiger partial charge in [0.1, 0.15) is 22.8 Å². The van der Waals surface area contributed by atoms with Gasteiger partial charge in [-0.1, -0.05) is 23.7 Å². The number of aromatic nitrogens is 4. The predicted octanol–water partition coefficient (Wildman–Crippen LogP) is 4.87. The highest BCUT2D eigenvalue weighted by Crippen LogP contribution is 2.32. The molecule has 160 valence electrons. The molecule has 4 aromatic rings. The summed E-state index contributed by atoms with van der Waals surface area (Å²) in [4.78, 5) is 17.6. The van der Waals surface area contributed by atoms with Crippen molar-refractivity contribution < 1.29 is 13.5 Å². The summed E-state index contributed by atoms with van der Waals surface area (Å²) in [5.74, 6) is -2.24. The van der Waals surface area contributed by atoms with Gasteiger partial charge in [0.05, 0.1) is 24.4 Å². The first-order valence-electron chi connectivity index (χ1n) is 9.47. The lowest BCUT2D eigenvalue weighted by molar-refractivity contribution is 0.00222. The van der Waals surface area contributed by atoms with Crippen LogP contribution in [0.5, 0.6) is 5.75 Å². The van der Waals surface area contributed by atoms with Gasteiger partial charge >= 0.3 is 0 Å². The number of para-hydroxylation sites is 1. The highest BCUT2D eigenvalue weighted by atomic mass is 35.5. The monoisotopic (exact) mass is 444 g/mol. The molecular formula is C22H19ClF2N4O2. The Morgan fingerprint density at radius 1 is 1.10 bits per heavy atom. The van der Waals surface area contributed by atoms with Gasteiger partial charge in [0, 0.05) is 12.5 Å². The van der Waals surface area contributed by atoms with Gasteiger partial charge in [0.15, 0.2) is 5.52 Å². The van der Waals surface area contributed by atoms with Gasteiger partial charge < -0.3 is 4.74 Å². The molecular weight excluding hydrogens is 426 g/mol. The predicted molar refractivity (Wildman–Crippen MR) is 115 cm³/mol. The highest BCUT2D eigenvalue weighted by molar-refractivity contribution is 6.32. The van der Waals surface area contributed by atoms with E-state index in [1.54, 1.807) is 43.5 Å². The number of nitrogens with zero attached hydrogens (tertiary/aromatic N) is 4. The molecule has 6 nitrogen and oxygen atoms in total. The largest absolute Gasteiger partial charge is 0.497 e. The Bertz CT molecular complexity index is 1320. The summed E-state index contributed by atoms with van der Waals surface area (Å²) >= 11 is 6.40. The molecule has 2 aromatic heterocycles. The normalized spacial score (nSPS) is 11.8. The zero-order chi connectivity index (χ0) is 22.3. The number of ether oxygens (including phenoxy) is 1. The van der Waals surface area contributed by atoms with Crippen LogP contribution in [0, 0.1) is 6.92 Å². The van der Waals surface area contributed by atoms with Gasteiger partial charge in [-0.15, -0.1) is 0 Å². The first kappa shape index (κ1) is 21.0. The van der Waals surface area contributed by atoms with Gasteiger partial charge in [-0.25, -0.2) is 18.4 Å². The van der Waals surface area contributed by atoms with Gasteiger partial charge in [-0.05, 0) is 43.3 Å². The third-order valence-corrected chi connectivity index (χ3v) is 5.17. The Morgan fingerprint density at radius 2 is 1.77 bits per heavy atom. The summed E-state index contributed by atoms with van der Waals surface area (Å²) < 4.78 is 35.0. The number of rotatable bonds is 5. The minimum Gasteiger partial charge on any atom is -0.497 e. The molecule has 0 aliphatic rings. The molecule has 0 bridgehead atoms. The molecule has 0 amide bonds. The molecule has 0 N–H and O–H groups in total. The van der Waals surface area contributed by atoms with E-state index in [-0.39, 0.29) is 11.3 Å². The lowest BCUT2D eigenvalue weighted by atomic mass is 10.1. The molecule has 0 unspecified atom stereocenters. The van der Waals surface area contributed by atoms with Crippen molar-refractivity contribution >= 4 is 22.6 Å².